The molecule has 1 aliphatic carbocycles. The molecule has 0 aliphatic heterocycles. The third-order valence-electron chi connectivity index (χ3n) is 7.23. The summed E-state index contributed by atoms with van der Waals surface area (Å²) in [5, 5.41) is 6.59. The van der Waals surface area contributed by atoms with Crippen molar-refractivity contribution >= 4 is 34.0 Å². The fraction of sp³-hybridized carbons (Fsp3) is 0.429. The minimum absolute atomic E-state index is 0.0912. The second-order valence-electron chi connectivity index (χ2n) is 10.2. The minimum Gasteiger partial charge on any atom is -0.462 e. The Morgan fingerprint density at radius 1 is 1.12 bits per heavy atom. The van der Waals surface area contributed by atoms with Gasteiger partial charge in [-0.15, -0.1) is 16.4 Å². The first-order valence-corrected chi connectivity index (χ1v) is 14.1. The molecule has 5 rings (SSSR count). The number of thiazole rings is 1. The van der Waals surface area contributed by atoms with E-state index in [-0.39, 0.29) is 55.6 Å². The lowest BCUT2D eigenvalue weighted by atomic mass is 9.81. The smallest absolute Gasteiger partial charge is 0.391 e. The molecule has 0 bridgehead atoms. The second kappa shape index (κ2) is 11.1. The predicted octanol–water partition coefficient (Wildman–Crippen LogP) is 6.54. The Balaban J connectivity index is 1.44. The molecule has 40 heavy (non-hydrogen) atoms. The highest BCUT2D eigenvalue weighted by Gasteiger charge is 2.44. The number of benzene rings is 1. The molecule has 0 saturated heterocycles. The number of esters is 1. The van der Waals surface area contributed by atoms with E-state index < -0.39 is 24.0 Å². The summed E-state index contributed by atoms with van der Waals surface area (Å²) in [6.07, 6.45) is 1.24. The van der Waals surface area contributed by atoms with Crippen molar-refractivity contribution in [3.8, 4) is 16.9 Å². The van der Waals surface area contributed by atoms with Gasteiger partial charge in [0.2, 0.25) is 5.91 Å². The Labute approximate surface area is 233 Å². The molecule has 0 radical (unpaired) electrons. The molecule has 0 N–H and O–H groups in total. The van der Waals surface area contributed by atoms with Gasteiger partial charge >= 0.3 is 12.1 Å². The van der Waals surface area contributed by atoms with Gasteiger partial charge in [0.15, 0.2) is 10.8 Å². The van der Waals surface area contributed by atoms with E-state index in [4.69, 9.17) is 4.74 Å². The Morgan fingerprint density at radius 3 is 2.42 bits per heavy atom. The molecule has 8 nitrogen and oxygen atoms in total. The number of nitrogens with zero attached hydrogens (tertiary/aromatic N) is 5. The monoisotopic (exact) mass is 573 g/mol. The third-order valence-corrected chi connectivity index (χ3v) is 8.00. The van der Waals surface area contributed by atoms with Crippen molar-refractivity contribution in [1.82, 2.24) is 19.2 Å². The number of ether oxygens (including phenoxy) is 1. The topological polar surface area (TPSA) is 81.7 Å². The maximum Gasteiger partial charge on any atom is 0.391 e. The van der Waals surface area contributed by atoms with Crippen LogP contribution in [-0.4, -0.2) is 49.9 Å². The number of aromatic nitrogens is 4. The van der Waals surface area contributed by atoms with Gasteiger partial charge in [0.1, 0.15) is 5.56 Å². The SMILES string of the molecule is CCOC(=O)c1cn(-c2ccc(-c3cn4ccsc4n3)cc2)nc1N(C(=O)[C@H]1CC[C@H](C(F)(F)F)CC1)C(C)C. The van der Waals surface area contributed by atoms with Crippen molar-refractivity contribution < 1.29 is 27.5 Å². The lowest BCUT2D eigenvalue weighted by Crippen LogP contribution is -2.44. The number of rotatable bonds is 7. The van der Waals surface area contributed by atoms with Crippen molar-refractivity contribution in [2.24, 2.45) is 11.8 Å². The summed E-state index contributed by atoms with van der Waals surface area (Å²) in [5.41, 5.74) is 2.50. The number of hydrogen-bond acceptors (Lipinski definition) is 6. The highest BCUT2D eigenvalue weighted by atomic mass is 32.1. The molecule has 1 fully saturated rings. The minimum atomic E-state index is -4.26. The fourth-order valence-electron chi connectivity index (χ4n) is 5.15. The zero-order chi connectivity index (χ0) is 28.6. The zero-order valence-corrected chi connectivity index (χ0v) is 23.2. The molecule has 212 valence electrons. The molecule has 1 aromatic carbocycles. The quantitative estimate of drug-likeness (QED) is 0.235. The second-order valence-corrected chi connectivity index (χ2v) is 11.1. The summed E-state index contributed by atoms with van der Waals surface area (Å²) in [5.74, 6) is -2.79. The Kier molecular flexibility index (Phi) is 7.72. The number of anilines is 1. The number of carbonyl (C=O) groups excluding carboxylic acids is 2. The van der Waals surface area contributed by atoms with Crippen molar-refractivity contribution in [3.63, 3.8) is 0 Å². The summed E-state index contributed by atoms with van der Waals surface area (Å²) < 4.78 is 48.3. The third kappa shape index (κ3) is 5.49. The van der Waals surface area contributed by atoms with Gasteiger partial charge in [-0.2, -0.15) is 13.2 Å². The first-order valence-electron chi connectivity index (χ1n) is 13.3. The van der Waals surface area contributed by atoms with Crippen LogP contribution in [0, 0.1) is 11.8 Å². The maximum atomic E-state index is 13.7. The molecular weight excluding hydrogens is 543 g/mol. The number of hydrogen-bond donors (Lipinski definition) is 0. The van der Waals surface area contributed by atoms with E-state index in [1.165, 1.54) is 15.8 Å². The van der Waals surface area contributed by atoms with Crippen LogP contribution in [0.15, 0.2) is 48.2 Å². The summed E-state index contributed by atoms with van der Waals surface area (Å²) in [7, 11) is 0. The standard InChI is InChI=1S/C28H30F3N5O3S/c1-4-39-26(38)22-15-35(21-11-7-18(8-12-21)23-16-34-13-14-40-27(34)32-23)33-24(22)36(17(2)3)25(37)19-5-9-20(10-6-19)28(29,30)31/h7-8,11-17,19-20H,4-6,9-10H2,1-3H3/t19-,20-. The van der Waals surface area contributed by atoms with E-state index in [1.54, 1.807) is 32.1 Å². The molecule has 0 unspecified atom stereocenters. The molecular formula is C28H30F3N5O3S. The predicted molar refractivity (Wildman–Crippen MR) is 146 cm³/mol. The van der Waals surface area contributed by atoms with Gasteiger partial charge in [0, 0.05) is 41.5 Å². The van der Waals surface area contributed by atoms with Gasteiger partial charge in [-0.05, 0) is 58.6 Å². The first-order chi connectivity index (χ1) is 19.1. The van der Waals surface area contributed by atoms with E-state index in [1.807, 2.05) is 46.4 Å². The van der Waals surface area contributed by atoms with E-state index >= 15 is 0 Å². The van der Waals surface area contributed by atoms with E-state index in [2.05, 4.69) is 10.1 Å². The van der Waals surface area contributed by atoms with Crippen molar-refractivity contribution in [2.45, 2.75) is 58.7 Å². The van der Waals surface area contributed by atoms with Crippen LogP contribution in [0.25, 0.3) is 21.9 Å². The molecule has 0 atom stereocenters. The lowest BCUT2D eigenvalue weighted by molar-refractivity contribution is -0.184. The van der Waals surface area contributed by atoms with Crippen LogP contribution in [0.4, 0.5) is 19.0 Å². The Morgan fingerprint density at radius 2 is 1.82 bits per heavy atom. The van der Waals surface area contributed by atoms with Crippen LogP contribution >= 0.6 is 11.3 Å². The summed E-state index contributed by atoms with van der Waals surface area (Å²) >= 11 is 1.54. The largest absolute Gasteiger partial charge is 0.462 e. The van der Waals surface area contributed by atoms with Crippen LogP contribution < -0.4 is 4.90 Å². The van der Waals surface area contributed by atoms with Crippen molar-refractivity contribution in [3.05, 3.63) is 53.8 Å². The molecule has 12 heteroatoms. The average Bonchev–Trinajstić information content (AvgIpc) is 3.64. The molecule has 1 aliphatic rings. The average molecular weight is 574 g/mol. The molecule has 3 aromatic heterocycles. The van der Waals surface area contributed by atoms with Crippen LogP contribution in [0.1, 0.15) is 56.8 Å². The molecule has 0 spiro atoms. The molecule has 4 aromatic rings. The molecule has 3 heterocycles. The normalized spacial score (nSPS) is 17.9. The maximum absolute atomic E-state index is 13.7. The van der Waals surface area contributed by atoms with Crippen LogP contribution in [-0.2, 0) is 9.53 Å². The van der Waals surface area contributed by atoms with Gasteiger partial charge in [-0.1, -0.05) is 12.1 Å². The van der Waals surface area contributed by atoms with Crippen molar-refractivity contribution in [2.75, 3.05) is 11.5 Å². The van der Waals surface area contributed by atoms with Gasteiger partial charge < -0.3 is 4.74 Å². The molecule has 1 amide bonds. The number of halogens is 3. The van der Waals surface area contributed by atoms with Crippen molar-refractivity contribution in [1.29, 1.82) is 0 Å². The van der Waals surface area contributed by atoms with E-state index in [0.717, 1.165) is 16.2 Å². The van der Waals surface area contributed by atoms with Gasteiger partial charge in [-0.25, -0.2) is 14.5 Å². The van der Waals surface area contributed by atoms with E-state index in [0.29, 0.717) is 5.69 Å². The first kappa shape index (κ1) is 27.9. The van der Waals surface area contributed by atoms with E-state index in [9.17, 15) is 22.8 Å². The van der Waals surface area contributed by atoms with Gasteiger partial charge in [0.05, 0.1) is 23.9 Å². The van der Waals surface area contributed by atoms with Crippen LogP contribution in [0.3, 0.4) is 0 Å². The highest BCUT2D eigenvalue weighted by molar-refractivity contribution is 7.15. The van der Waals surface area contributed by atoms with Gasteiger partial charge in [0.25, 0.3) is 0 Å². The summed E-state index contributed by atoms with van der Waals surface area (Å²) in [6.45, 7) is 5.40. The fourth-order valence-corrected chi connectivity index (χ4v) is 5.85. The van der Waals surface area contributed by atoms with Crippen LogP contribution in [0.2, 0.25) is 0 Å². The lowest BCUT2D eigenvalue weighted by Gasteiger charge is -2.34. The Bertz CT molecular complexity index is 1470. The number of carbonyl (C=O) groups is 2. The molecule has 1 saturated carbocycles. The Hall–Kier alpha value is -3.67. The number of amides is 1. The number of alkyl halides is 3. The van der Waals surface area contributed by atoms with Gasteiger partial charge in [-0.3, -0.25) is 14.1 Å². The number of imidazole rings is 1. The zero-order valence-electron chi connectivity index (χ0n) is 22.4. The highest BCUT2D eigenvalue weighted by Crippen LogP contribution is 2.40. The summed E-state index contributed by atoms with van der Waals surface area (Å²) in [4.78, 5) is 33.5. The van der Waals surface area contributed by atoms with Crippen LogP contribution in [0.5, 0.6) is 0 Å². The number of fused-ring (bicyclic) bond motifs is 1. The summed E-state index contributed by atoms with van der Waals surface area (Å²) in [6, 6.07) is 7.10.